The lowest BCUT2D eigenvalue weighted by molar-refractivity contribution is -0.384. The number of benzene rings is 2. The Morgan fingerprint density at radius 1 is 1.19 bits per heavy atom. The molecule has 0 saturated heterocycles. The number of nitro groups is 1. The van der Waals surface area contributed by atoms with Crippen LogP contribution in [0.4, 0.5) is 17.1 Å². The molecule has 0 radical (unpaired) electrons. The predicted octanol–water partition coefficient (Wildman–Crippen LogP) is 3.50. The molecule has 27 heavy (non-hydrogen) atoms. The van der Waals surface area contributed by atoms with Gasteiger partial charge in [0.05, 0.1) is 27.6 Å². The van der Waals surface area contributed by atoms with Crippen molar-refractivity contribution in [2.75, 3.05) is 0 Å². The molecule has 0 bridgehead atoms. The largest absolute Gasteiger partial charge is 0.478 e. The number of nitrogens with zero attached hydrogens (tertiary/aromatic N) is 4. The maximum Gasteiger partial charge on any atom is 0.335 e. The van der Waals surface area contributed by atoms with Crippen LogP contribution < -0.4 is 5.56 Å². The van der Waals surface area contributed by atoms with Crippen LogP contribution in [0, 0.1) is 17.0 Å². The molecule has 0 aliphatic heterocycles. The lowest BCUT2D eigenvalue weighted by Crippen LogP contribution is -2.14. The van der Waals surface area contributed by atoms with E-state index in [0.717, 1.165) is 0 Å². The fourth-order valence-electron chi connectivity index (χ4n) is 2.36. The van der Waals surface area contributed by atoms with Crippen LogP contribution in [0.5, 0.6) is 0 Å². The third-order valence-corrected chi connectivity index (χ3v) is 3.72. The molecule has 1 aromatic heterocycles. The number of carbonyl (C=O) groups is 1. The van der Waals surface area contributed by atoms with Gasteiger partial charge in [-0.3, -0.25) is 20.0 Å². The van der Waals surface area contributed by atoms with E-state index in [9.17, 15) is 19.7 Å². The monoisotopic (exact) mass is 367 g/mol. The number of nitro benzene ring substituents is 1. The molecular weight excluding hydrogens is 354 g/mol. The smallest absolute Gasteiger partial charge is 0.335 e. The van der Waals surface area contributed by atoms with Gasteiger partial charge in [-0.2, -0.15) is 5.11 Å². The van der Waals surface area contributed by atoms with Crippen LogP contribution in [0.1, 0.15) is 16.1 Å². The Morgan fingerprint density at radius 3 is 2.52 bits per heavy atom. The highest BCUT2D eigenvalue weighted by atomic mass is 16.6. The predicted molar refractivity (Wildman–Crippen MR) is 95.4 cm³/mol. The topological polar surface area (TPSA) is 143 Å². The fraction of sp³-hybridized carbons (Fsp3) is 0.0588. The van der Waals surface area contributed by atoms with Crippen molar-refractivity contribution in [1.29, 1.82) is 0 Å². The van der Waals surface area contributed by atoms with Gasteiger partial charge in [-0.25, -0.2) is 9.48 Å². The number of aryl methyl sites for hydroxylation is 1. The van der Waals surface area contributed by atoms with Crippen LogP contribution in [-0.4, -0.2) is 25.8 Å². The number of non-ortho nitro benzene ring substituents is 1. The highest BCUT2D eigenvalue weighted by molar-refractivity contribution is 5.88. The lowest BCUT2D eigenvalue weighted by Gasteiger charge is -2.02. The van der Waals surface area contributed by atoms with Gasteiger partial charge in [-0.15, -0.1) is 5.11 Å². The molecule has 1 heterocycles. The Kier molecular flexibility index (Phi) is 4.62. The van der Waals surface area contributed by atoms with Gasteiger partial charge in [0.25, 0.3) is 11.2 Å². The van der Waals surface area contributed by atoms with Crippen molar-refractivity contribution < 1.29 is 14.8 Å². The summed E-state index contributed by atoms with van der Waals surface area (Å²) in [7, 11) is 0. The number of rotatable bonds is 5. The number of azo groups is 1. The second-order valence-corrected chi connectivity index (χ2v) is 5.55. The minimum atomic E-state index is -1.11. The maximum absolute atomic E-state index is 12.6. The number of carboxylic acids is 1. The molecule has 3 rings (SSSR count). The van der Waals surface area contributed by atoms with Gasteiger partial charge in [-0.1, -0.05) is 6.07 Å². The van der Waals surface area contributed by atoms with E-state index in [-0.39, 0.29) is 16.9 Å². The molecular formula is C17H13N5O5. The third-order valence-electron chi connectivity index (χ3n) is 3.72. The number of hydrogen-bond acceptors (Lipinski definition) is 6. The molecule has 0 aliphatic rings. The van der Waals surface area contributed by atoms with Crippen molar-refractivity contribution in [1.82, 2.24) is 9.78 Å². The molecule has 0 atom stereocenters. The van der Waals surface area contributed by atoms with Crippen LogP contribution in [0.15, 0.2) is 63.6 Å². The summed E-state index contributed by atoms with van der Waals surface area (Å²) in [5, 5.41) is 30.4. The van der Waals surface area contributed by atoms with Crippen LogP contribution in [0.2, 0.25) is 0 Å². The van der Waals surface area contributed by atoms with Crippen LogP contribution in [0.3, 0.4) is 0 Å². The summed E-state index contributed by atoms with van der Waals surface area (Å²) >= 11 is 0. The standard InChI is InChI=1S/C17H13N5O5/c1-10-15(19-18-12-5-7-13(8-6-12)22(26)27)16(23)21(20-10)14-4-2-3-11(9-14)17(24)25/h2-9,20H,1H3,(H,24,25). The fourth-order valence-corrected chi connectivity index (χ4v) is 2.36. The summed E-state index contributed by atoms with van der Waals surface area (Å²) in [5.41, 5.74) is 0.647. The van der Waals surface area contributed by atoms with Gasteiger partial charge in [0.1, 0.15) is 0 Å². The number of carboxylic acid groups (broad SMARTS) is 1. The van der Waals surface area contributed by atoms with Gasteiger partial charge in [-0.05, 0) is 37.3 Å². The zero-order valence-electron chi connectivity index (χ0n) is 14.0. The second-order valence-electron chi connectivity index (χ2n) is 5.55. The Bertz CT molecular complexity index is 1110. The van der Waals surface area contributed by atoms with Crippen molar-refractivity contribution in [2.24, 2.45) is 10.2 Å². The molecule has 10 nitrogen and oxygen atoms in total. The van der Waals surface area contributed by atoms with Crippen LogP contribution >= 0.6 is 0 Å². The molecule has 0 saturated carbocycles. The van der Waals surface area contributed by atoms with E-state index in [1.807, 2.05) is 0 Å². The van der Waals surface area contributed by atoms with Crippen molar-refractivity contribution in [3.8, 4) is 5.69 Å². The number of aromatic nitrogens is 2. The average molecular weight is 367 g/mol. The first kappa shape index (κ1) is 17.7. The molecule has 0 amide bonds. The molecule has 2 N–H and O–H groups in total. The Morgan fingerprint density at radius 2 is 1.89 bits per heavy atom. The van der Waals surface area contributed by atoms with Gasteiger partial charge in [0.15, 0.2) is 5.69 Å². The van der Waals surface area contributed by atoms with E-state index >= 15 is 0 Å². The SMILES string of the molecule is Cc1[nH]n(-c2cccc(C(=O)O)c2)c(=O)c1N=Nc1ccc([N+](=O)[O-])cc1. The van der Waals surface area contributed by atoms with Crippen molar-refractivity contribution in [2.45, 2.75) is 6.92 Å². The molecule has 10 heteroatoms. The number of aromatic carboxylic acids is 1. The third kappa shape index (κ3) is 3.63. The van der Waals surface area contributed by atoms with Crippen LogP contribution in [-0.2, 0) is 0 Å². The van der Waals surface area contributed by atoms with Crippen molar-refractivity contribution >= 4 is 23.0 Å². The Balaban J connectivity index is 1.94. The summed E-state index contributed by atoms with van der Waals surface area (Å²) in [6, 6.07) is 11.3. The van der Waals surface area contributed by atoms with E-state index in [1.54, 1.807) is 13.0 Å². The minimum Gasteiger partial charge on any atom is -0.478 e. The minimum absolute atomic E-state index is 0.0423. The molecule has 136 valence electrons. The maximum atomic E-state index is 12.6. The normalized spacial score (nSPS) is 11.0. The highest BCUT2D eigenvalue weighted by Crippen LogP contribution is 2.21. The summed E-state index contributed by atoms with van der Waals surface area (Å²) in [4.78, 5) is 33.8. The Hall–Kier alpha value is -4.08. The first-order valence-electron chi connectivity index (χ1n) is 7.68. The summed E-state index contributed by atoms with van der Waals surface area (Å²) in [6.07, 6.45) is 0. The summed E-state index contributed by atoms with van der Waals surface area (Å²) < 4.78 is 1.17. The van der Waals surface area contributed by atoms with E-state index in [2.05, 4.69) is 15.3 Å². The number of H-pyrrole nitrogens is 1. The molecule has 0 fully saturated rings. The number of hydrogen-bond donors (Lipinski definition) is 2. The molecule has 3 aromatic rings. The highest BCUT2D eigenvalue weighted by Gasteiger charge is 2.13. The molecule has 0 aliphatic carbocycles. The first-order valence-corrected chi connectivity index (χ1v) is 7.68. The van der Waals surface area contributed by atoms with Gasteiger partial charge < -0.3 is 5.11 Å². The summed E-state index contributed by atoms with van der Waals surface area (Å²) in [6.45, 7) is 1.63. The van der Waals surface area contributed by atoms with Crippen LogP contribution in [0.25, 0.3) is 5.69 Å². The van der Waals surface area contributed by atoms with Gasteiger partial charge in [0, 0.05) is 12.1 Å². The molecule has 0 spiro atoms. The lowest BCUT2D eigenvalue weighted by atomic mass is 10.2. The average Bonchev–Trinajstić information content (AvgIpc) is 2.94. The Labute approximate surface area is 151 Å². The van der Waals surface area contributed by atoms with Gasteiger partial charge in [0.2, 0.25) is 0 Å². The summed E-state index contributed by atoms with van der Waals surface area (Å²) in [5.74, 6) is -1.11. The molecule has 2 aromatic carbocycles. The molecule has 0 unspecified atom stereocenters. The van der Waals surface area contributed by atoms with E-state index in [4.69, 9.17) is 5.11 Å². The van der Waals surface area contributed by atoms with E-state index in [0.29, 0.717) is 17.1 Å². The van der Waals surface area contributed by atoms with E-state index < -0.39 is 16.5 Å². The van der Waals surface area contributed by atoms with E-state index in [1.165, 1.54) is 47.1 Å². The number of aromatic amines is 1. The quantitative estimate of drug-likeness (QED) is 0.403. The zero-order chi connectivity index (χ0) is 19.6. The zero-order valence-corrected chi connectivity index (χ0v) is 14.0. The number of nitrogens with one attached hydrogen (secondary N) is 1. The van der Waals surface area contributed by atoms with Crippen molar-refractivity contribution in [3.63, 3.8) is 0 Å². The van der Waals surface area contributed by atoms with Crippen molar-refractivity contribution in [3.05, 3.63) is 80.3 Å². The second kappa shape index (κ2) is 7.04. The first-order chi connectivity index (χ1) is 12.9. The van der Waals surface area contributed by atoms with Gasteiger partial charge >= 0.3 is 5.97 Å².